The van der Waals surface area contributed by atoms with Gasteiger partial charge >= 0.3 is 0 Å². The van der Waals surface area contributed by atoms with Crippen molar-refractivity contribution < 1.29 is 0 Å². The Morgan fingerprint density at radius 2 is 2.45 bits per heavy atom. The summed E-state index contributed by atoms with van der Waals surface area (Å²) < 4.78 is 0. The molecule has 1 aromatic rings. The summed E-state index contributed by atoms with van der Waals surface area (Å²) in [6.07, 6.45) is 1.20. The van der Waals surface area contributed by atoms with Gasteiger partial charge in [-0.15, -0.1) is 0 Å². The molecular weight excluding hydrogens is 154 g/mol. The summed E-state index contributed by atoms with van der Waals surface area (Å²) in [6.45, 7) is 3.38. The molecule has 1 N–H and O–H groups in total. The molecular formula is C9H15NS. The maximum Gasteiger partial charge on any atom is -0.00230 e. The molecule has 1 aromatic heterocycles. The monoisotopic (exact) mass is 169 g/mol. The van der Waals surface area contributed by atoms with Crippen LogP contribution in [-0.2, 0) is 6.42 Å². The van der Waals surface area contributed by atoms with Gasteiger partial charge in [0, 0.05) is 0 Å². The van der Waals surface area contributed by atoms with Gasteiger partial charge in [0.15, 0.2) is 0 Å². The summed E-state index contributed by atoms with van der Waals surface area (Å²) in [5.74, 6) is 0.745. The Balaban J connectivity index is 2.31. The number of rotatable bonds is 4. The molecule has 1 atom stereocenters. The molecule has 62 valence electrons. The van der Waals surface area contributed by atoms with Crippen LogP contribution < -0.4 is 5.32 Å². The Bertz CT molecular complexity index is 181. The molecule has 0 spiro atoms. The Morgan fingerprint density at radius 3 is 3.00 bits per heavy atom. The minimum atomic E-state index is 0.745. The molecule has 1 heterocycles. The first-order chi connectivity index (χ1) is 5.33. The van der Waals surface area contributed by atoms with Crippen LogP contribution in [0.5, 0.6) is 0 Å². The van der Waals surface area contributed by atoms with Crippen molar-refractivity contribution >= 4 is 11.3 Å². The molecule has 0 saturated carbocycles. The van der Waals surface area contributed by atoms with E-state index in [4.69, 9.17) is 0 Å². The second-order valence-electron chi connectivity index (χ2n) is 3.00. The third-order valence-electron chi connectivity index (χ3n) is 1.72. The van der Waals surface area contributed by atoms with Crippen molar-refractivity contribution in [2.75, 3.05) is 13.6 Å². The van der Waals surface area contributed by atoms with E-state index < -0.39 is 0 Å². The van der Waals surface area contributed by atoms with E-state index in [1.165, 1.54) is 12.0 Å². The van der Waals surface area contributed by atoms with Crippen LogP contribution in [0.2, 0.25) is 0 Å². The fraction of sp³-hybridized carbons (Fsp3) is 0.556. The highest BCUT2D eigenvalue weighted by molar-refractivity contribution is 7.07. The maximum absolute atomic E-state index is 3.18. The number of nitrogens with one attached hydrogen (secondary N) is 1. The highest BCUT2D eigenvalue weighted by Crippen LogP contribution is 2.11. The van der Waals surface area contributed by atoms with Crippen LogP contribution in [0.15, 0.2) is 16.8 Å². The van der Waals surface area contributed by atoms with Crippen molar-refractivity contribution in [3.05, 3.63) is 22.4 Å². The van der Waals surface area contributed by atoms with Crippen LogP contribution in [0, 0.1) is 5.92 Å². The predicted octanol–water partition coefficient (Wildman–Crippen LogP) is 2.15. The number of hydrogen-bond donors (Lipinski definition) is 1. The molecule has 0 radical (unpaired) electrons. The van der Waals surface area contributed by atoms with Gasteiger partial charge in [0.2, 0.25) is 0 Å². The molecule has 0 aliphatic heterocycles. The number of thiophene rings is 1. The summed E-state index contributed by atoms with van der Waals surface area (Å²) >= 11 is 1.78. The predicted molar refractivity (Wildman–Crippen MR) is 51.1 cm³/mol. The first-order valence-corrected chi connectivity index (χ1v) is 4.93. The average molecular weight is 169 g/mol. The van der Waals surface area contributed by atoms with Crippen molar-refractivity contribution in [2.24, 2.45) is 5.92 Å². The highest BCUT2D eigenvalue weighted by atomic mass is 32.1. The molecule has 1 rings (SSSR count). The Hall–Kier alpha value is -0.340. The molecule has 0 amide bonds. The van der Waals surface area contributed by atoms with Crippen molar-refractivity contribution in [3.63, 3.8) is 0 Å². The van der Waals surface area contributed by atoms with Gasteiger partial charge in [-0.25, -0.2) is 0 Å². The zero-order valence-electron chi connectivity index (χ0n) is 7.13. The van der Waals surface area contributed by atoms with E-state index in [0.29, 0.717) is 0 Å². The van der Waals surface area contributed by atoms with Crippen molar-refractivity contribution in [1.29, 1.82) is 0 Å². The lowest BCUT2D eigenvalue weighted by molar-refractivity contribution is 0.542. The van der Waals surface area contributed by atoms with Gasteiger partial charge < -0.3 is 5.32 Å². The second kappa shape index (κ2) is 4.52. The van der Waals surface area contributed by atoms with E-state index in [2.05, 4.69) is 29.1 Å². The van der Waals surface area contributed by atoms with E-state index in [1.807, 2.05) is 7.05 Å². The fourth-order valence-corrected chi connectivity index (χ4v) is 1.91. The lowest BCUT2D eigenvalue weighted by atomic mass is 10.0. The smallest absolute Gasteiger partial charge is 0.00230 e. The first kappa shape index (κ1) is 8.75. The van der Waals surface area contributed by atoms with E-state index in [1.54, 1.807) is 11.3 Å². The van der Waals surface area contributed by atoms with Gasteiger partial charge in [-0.05, 0) is 48.3 Å². The quantitative estimate of drug-likeness (QED) is 0.728. The minimum absolute atomic E-state index is 0.745. The molecule has 11 heavy (non-hydrogen) atoms. The van der Waals surface area contributed by atoms with E-state index in [0.717, 1.165) is 12.5 Å². The molecule has 1 nitrogen and oxygen atoms in total. The highest BCUT2D eigenvalue weighted by Gasteiger charge is 2.01. The fourth-order valence-electron chi connectivity index (χ4n) is 1.23. The van der Waals surface area contributed by atoms with Crippen LogP contribution >= 0.6 is 11.3 Å². The van der Waals surface area contributed by atoms with Crippen LogP contribution in [0.25, 0.3) is 0 Å². The summed E-state index contributed by atoms with van der Waals surface area (Å²) in [5, 5.41) is 7.55. The minimum Gasteiger partial charge on any atom is -0.319 e. The SMILES string of the molecule is CNCC(C)Cc1ccsc1. The van der Waals surface area contributed by atoms with Gasteiger partial charge in [0.1, 0.15) is 0 Å². The summed E-state index contributed by atoms with van der Waals surface area (Å²) in [5.41, 5.74) is 1.47. The molecule has 0 aliphatic carbocycles. The van der Waals surface area contributed by atoms with Gasteiger partial charge in [-0.3, -0.25) is 0 Å². The zero-order valence-corrected chi connectivity index (χ0v) is 7.95. The van der Waals surface area contributed by atoms with Crippen molar-refractivity contribution in [2.45, 2.75) is 13.3 Å². The van der Waals surface area contributed by atoms with Crippen molar-refractivity contribution in [3.8, 4) is 0 Å². The summed E-state index contributed by atoms with van der Waals surface area (Å²) in [4.78, 5) is 0. The van der Waals surface area contributed by atoms with Crippen LogP contribution in [0.3, 0.4) is 0 Å². The average Bonchev–Trinajstić information content (AvgIpc) is 2.40. The van der Waals surface area contributed by atoms with Crippen LogP contribution in [0.1, 0.15) is 12.5 Å². The van der Waals surface area contributed by atoms with E-state index in [9.17, 15) is 0 Å². The van der Waals surface area contributed by atoms with E-state index in [-0.39, 0.29) is 0 Å². The van der Waals surface area contributed by atoms with Crippen molar-refractivity contribution in [1.82, 2.24) is 5.32 Å². The Morgan fingerprint density at radius 1 is 1.64 bits per heavy atom. The third kappa shape index (κ3) is 3.04. The Kier molecular flexibility index (Phi) is 3.60. The Labute approximate surface area is 72.4 Å². The first-order valence-electron chi connectivity index (χ1n) is 3.98. The standard InChI is InChI=1S/C9H15NS/c1-8(6-10-2)5-9-3-4-11-7-9/h3-4,7-8,10H,5-6H2,1-2H3. The number of hydrogen-bond acceptors (Lipinski definition) is 2. The van der Waals surface area contributed by atoms with Gasteiger partial charge in [0.05, 0.1) is 0 Å². The van der Waals surface area contributed by atoms with Gasteiger partial charge in [-0.2, -0.15) is 11.3 Å². The molecule has 0 bridgehead atoms. The molecule has 0 aliphatic rings. The topological polar surface area (TPSA) is 12.0 Å². The lowest BCUT2D eigenvalue weighted by Gasteiger charge is -2.08. The largest absolute Gasteiger partial charge is 0.319 e. The van der Waals surface area contributed by atoms with E-state index >= 15 is 0 Å². The molecule has 2 heteroatoms. The van der Waals surface area contributed by atoms with Crippen LogP contribution in [0.4, 0.5) is 0 Å². The van der Waals surface area contributed by atoms with Gasteiger partial charge in [0.25, 0.3) is 0 Å². The molecule has 0 saturated heterocycles. The zero-order chi connectivity index (χ0) is 8.10. The second-order valence-corrected chi connectivity index (χ2v) is 3.78. The van der Waals surface area contributed by atoms with Crippen LogP contribution in [-0.4, -0.2) is 13.6 Å². The normalized spacial score (nSPS) is 13.3. The summed E-state index contributed by atoms with van der Waals surface area (Å²) in [7, 11) is 2.00. The molecule has 0 aromatic carbocycles. The summed E-state index contributed by atoms with van der Waals surface area (Å²) in [6, 6.07) is 2.21. The molecule has 1 unspecified atom stereocenters. The maximum atomic E-state index is 3.18. The van der Waals surface area contributed by atoms with Gasteiger partial charge in [-0.1, -0.05) is 6.92 Å². The third-order valence-corrected chi connectivity index (χ3v) is 2.45. The molecule has 0 fully saturated rings. The lowest BCUT2D eigenvalue weighted by Crippen LogP contribution is -2.17.